The van der Waals surface area contributed by atoms with E-state index in [2.05, 4.69) is 15.3 Å². The van der Waals surface area contributed by atoms with E-state index in [0.717, 1.165) is 32.0 Å². The average molecular weight is 574 g/mol. The topological polar surface area (TPSA) is 85.7 Å². The number of hydrogen-bond donors (Lipinski definition) is 2. The number of hydrogen-bond acceptors (Lipinski definition) is 7. The van der Waals surface area contributed by atoms with E-state index >= 15 is 4.39 Å². The maximum absolute atomic E-state index is 15.3. The first-order valence-electron chi connectivity index (χ1n) is 12.5. The number of aliphatic hydroxyl groups is 1. The molecule has 40 heavy (non-hydrogen) atoms. The summed E-state index contributed by atoms with van der Waals surface area (Å²) in [5.41, 5.74) is -4.78. The predicted octanol–water partition coefficient (Wildman–Crippen LogP) is 5.93. The normalized spacial score (nSPS) is 15.7. The van der Waals surface area contributed by atoms with Crippen LogP contribution in [0.2, 0.25) is 0 Å². The maximum Gasteiger partial charge on any atom is 0.420 e. The van der Waals surface area contributed by atoms with Crippen molar-refractivity contribution in [2.45, 2.75) is 57.5 Å². The Morgan fingerprint density at radius 1 is 1.07 bits per heavy atom. The van der Waals surface area contributed by atoms with Gasteiger partial charge in [-0.1, -0.05) is 12.1 Å². The minimum atomic E-state index is -4.75. The Hall–Kier alpha value is -3.16. The molecule has 1 aliphatic rings. The molecule has 0 unspecified atom stereocenters. The summed E-state index contributed by atoms with van der Waals surface area (Å²) in [4.78, 5) is 8.38. The molecular formula is C27H29F6N3O4. The molecule has 1 aromatic heterocycles. The summed E-state index contributed by atoms with van der Waals surface area (Å²) in [5.74, 6) is -5.43. The summed E-state index contributed by atoms with van der Waals surface area (Å²) in [5, 5.41) is 13.0. The van der Waals surface area contributed by atoms with E-state index < -0.39 is 46.4 Å². The molecule has 2 N–H and O–H groups in total. The van der Waals surface area contributed by atoms with Crippen LogP contribution in [0.25, 0.3) is 10.9 Å². The third-order valence-corrected chi connectivity index (χ3v) is 6.47. The maximum atomic E-state index is 15.3. The van der Waals surface area contributed by atoms with E-state index in [-0.39, 0.29) is 47.4 Å². The molecule has 218 valence electrons. The number of halogens is 6. The zero-order valence-corrected chi connectivity index (χ0v) is 22.2. The molecule has 4 rings (SSSR count). The van der Waals surface area contributed by atoms with Crippen molar-refractivity contribution in [2.75, 3.05) is 31.7 Å². The van der Waals surface area contributed by atoms with Gasteiger partial charge in [-0.05, 0) is 45.9 Å². The van der Waals surface area contributed by atoms with Crippen molar-refractivity contribution in [1.82, 2.24) is 9.97 Å². The fraction of sp³-hybridized carbons (Fsp3) is 0.481. The van der Waals surface area contributed by atoms with E-state index in [1.54, 1.807) is 0 Å². The average Bonchev–Trinajstić information content (AvgIpc) is 2.81. The van der Waals surface area contributed by atoms with Crippen molar-refractivity contribution in [1.29, 1.82) is 0 Å². The fourth-order valence-electron chi connectivity index (χ4n) is 4.14. The van der Waals surface area contributed by atoms with Crippen LogP contribution < -0.4 is 10.1 Å². The van der Waals surface area contributed by atoms with Gasteiger partial charge in [0, 0.05) is 10.9 Å². The predicted molar refractivity (Wildman–Crippen MR) is 134 cm³/mol. The van der Waals surface area contributed by atoms with Gasteiger partial charge < -0.3 is 24.6 Å². The Bertz CT molecular complexity index is 1370. The number of nitrogens with one attached hydrogen (secondary N) is 1. The Morgan fingerprint density at radius 3 is 2.38 bits per heavy atom. The van der Waals surface area contributed by atoms with Crippen molar-refractivity contribution in [3.8, 4) is 5.75 Å². The van der Waals surface area contributed by atoms with Crippen LogP contribution in [0.1, 0.15) is 49.3 Å². The Labute approximate surface area is 226 Å². The largest absolute Gasteiger partial charge is 0.491 e. The van der Waals surface area contributed by atoms with Gasteiger partial charge in [0.25, 0.3) is 0 Å². The van der Waals surface area contributed by atoms with Gasteiger partial charge in [0.15, 0.2) is 0 Å². The summed E-state index contributed by atoms with van der Waals surface area (Å²) in [6, 6.07) is 4.41. The van der Waals surface area contributed by atoms with Crippen LogP contribution in [0.4, 0.5) is 32.2 Å². The van der Waals surface area contributed by atoms with Gasteiger partial charge in [-0.25, -0.2) is 14.4 Å². The van der Waals surface area contributed by atoms with Gasteiger partial charge >= 0.3 is 12.1 Å². The highest BCUT2D eigenvalue weighted by Crippen LogP contribution is 2.42. The standard InChI is InChI=1S/C27H29F6N3O4/c1-14(17-6-5-7-19(23(17)28)26(29,30)25(3,4)37)34-24-18-10-22(40-9-8-39-16-12-38-13-16)20(27(31,32)33)11-21(18)35-15(2)36-24/h5-7,10-11,14,16,37H,8-9,12-13H2,1-4H3,(H,34,35,36)/t14-/m1/s1. The van der Waals surface area contributed by atoms with Crippen LogP contribution in [0.5, 0.6) is 5.75 Å². The third-order valence-electron chi connectivity index (χ3n) is 6.47. The number of ether oxygens (including phenoxy) is 3. The second kappa shape index (κ2) is 11.0. The summed E-state index contributed by atoms with van der Waals surface area (Å²) in [6.45, 7) is 5.40. The molecule has 1 saturated heterocycles. The molecule has 1 aliphatic heterocycles. The molecule has 1 fully saturated rings. The van der Waals surface area contributed by atoms with E-state index in [9.17, 15) is 27.1 Å². The van der Waals surface area contributed by atoms with Crippen LogP contribution in [0, 0.1) is 12.7 Å². The fourth-order valence-corrected chi connectivity index (χ4v) is 4.14. The summed E-state index contributed by atoms with van der Waals surface area (Å²) < 4.78 is 102. The van der Waals surface area contributed by atoms with Gasteiger partial charge in [0.2, 0.25) is 0 Å². The molecule has 0 saturated carbocycles. The number of aryl methyl sites for hydroxylation is 1. The molecule has 3 aromatic rings. The molecule has 0 spiro atoms. The van der Waals surface area contributed by atoms with E-state index in [1.807, 2.05) is 0 Å². The van der Waals surface area contributed by atoms with Crippen molar-refractivity contribution in [3.63, 3.8) is 0 Å². The lowest BCUT2D eigenvalue weighted by Gasteiger charge is -2.30. The SMILES string of the molecule is Cc1nc(N[C@H](C)c2cccc(C(F)(F)C(C)(C)O)c2F)c2cc(OCCOC3COC3)c(C(F)(F)F)cc2n1. The highest BCUT2D eigenvalue weighted by molar-refractivity contribution is 5.91. The molecule has 0 amide bonds. The number of anilines is 1. The zero-order chi connectivity index (χ0) is 29.5. The first-order valence-corrected chi connectivity index (χ1v) is 12.5. The molecule has 7 nitrogen and oxygen atoms in total. The highest BCUT2D eigenvalue weighted by Gasteiger charge is 2.49. The Morgan fingerprint density at radius 2 is 1.77 bits per heavy atom. The zero-order valence-electron chi connectivity index (χ0n) is 22.2. The first-order chi connectivity index (χ1) is 18.6. The van der Waals surface area contributed by atoms with Crippen LogP contribution in [0.15, 0.2) is 30.3 Å². The monoisotopic (exact) mass is 573 g/mol. The van der Waals surface area contributed by atoms with Crippen LogP contribution in [-0.4, -0.2) is 53.2 Å². The lowest BCUT2D eigenvalue weighted by Crippen LogP contribution is -2.41. The van der Waals surface area contributed by atoms with Crippen molar-refractivity contribution in [2.24, 2.45) is 0 Å². The van der Waals surface area contributed by atoms with E-state index in [4.69, 9.17) is 14.2 Å². The third kappa shape index (κ3) is 6.11. The Kier molecular flexibility index (Phi) is 8.21. The number of aromatic nitrogens is 2. The van der Waals surface area contributed by atoms with Crippen molar-refractivity contribution < 1.29 is 45.7 Å². The lowest BCUT2D eigenvalue weighted by atomic mass is 9.91. The highest BCUT2D eigenvalue weighted by atomic mass is 19.4. The lowest BCUT2D eigenvalue weighted by molar-refractivity contribution is -0.170. The van der Waals surface area contributed by atoms with Gasteiger partial charge in [0.05, 0.1) is 42.5 Å². The molecule has 0 aliphatic carbocycles. The minimum absolute atomic E-state index is 0.0425. The molecule has 2 aromatic carbocycles. The number of alkyl halides is 5. The minimum Gasteiger partial charge on any atom is -0.491 e. The molecular weight excluding hydrogens is 544 g/mol. The van der Waals surface area contributed by atoms with Crippen LogP contribution in [0.3, 0.4) is 0 Å². The summed E-state index contributed by atoms with van der Waals surface area (Å²) >= 11 is 0. The van der Waals surface area contributed by atoms with Crippen molar-refractivity contribution >= 4 is 16.7 Å². The second-order valence-electron chi connectivity index (χ2n) is 10.1. The van der Waals surface area contributed by atoms with E-state index in [0.29, 0.717) is 13.2 Å². The summed E-state index contributed by atoms with van der Waals surface area (Å²) in [6.07, 6.45) is -4.88. The molecule has 1 atom stereocenters. The van der Waals surface area contributed by atoms with Gasteiger partial charge in [-0.3, -0.25) is 0 Å². The van der Waals surface area contributed by atoms with Gasteiger partial charge in [-0.15, -0.1) is 0 Å². The van der Waals surface area contributed by atoms with Gasteiger partial charge in [-0.2, -0.15) is 22.0 Å². The molecule has 13 heteroatoms. The van der Waals surface area contributed by atoms with Crippen molar-refractivity contribution in [3.05, 3.63) is 58.7 Å². The number of benzene rings is 2. The summed E-state index contributed by atoms with van der Waals surface area (Å²) in [7, 11) is 0. The molecule has 0 radical (unpaired) electrons. The number of nitrogens with zero attached hydrogens (tertiary/aromatic N) is 2. The first kappa shape index (κ1) is 29.8. The van der Waals surface area contributed by atoms with E-state index in [1.165, 1.54) is 26.0 Å². The van der Waals surface area contributed by atoms with Crippen LogP contribution in [-0.2, 0) is 21.6 Å². The quantitative estimate of drug-likeness (QED) is 0.230. The number of rotatable bonds is 10. The van der Waals surface area contributed by atoms with Crippen LogP contribution >= 0.6 is 0 Å². The smallest absolute Gasteiger partial charge is 0.420 e. The molecule has 0 bridgehead atoms. The Balaban J connectivity index is 1.68. The second-order valence-corrected chi connectivity index (χ2v) is 10.1. The molecule has 2 heterocycles. The van der Waals surface area contributed by atoms with Gasteiger partial charge in [0.1, 0.15) is 41.5 Å². The number of fused-ring (bicyclic) bond motifs is 1.